The molecule has 1 saturated carbocycles. The molecule has 0 bridgehead atoms. The van der Waals surface area contributed by atoms with Crippen LogP contribution in [0.15, 0.2) is 4.99 Å². The molecule has 2 nitrogen and oxygen atoms in total. The van der Waals surface area contributed by atoms with Gasteiger partial charge in [-0.05, 0) is 18.8 Å². The second-order valence-corrected chi connectivity index (χ2v) is 4.48. The number of halogens is 1. The summed E-state index contributed by atoms with van der Waals surface area (Å²) in [6.07, 6.45) is 2.73. The van der Waals surface area contributed by atoms with Crippen molar-refractivity contribution >= 4 is 16.9 Å². The standard InChI is InChI=1S/C8H13FN2S/c9-3-4-10-8-11-5-7(12-8)6-1-2-6/h6-7H,1-5H2,(H,10,11). The lowest BCUT2D eigenvalue weighted by Gasteiger charge is -2.05. The number of hydrogen-bond donors (Lipinski definition) is 1. The summed E-state index contributed by atoms with van der Waals surface area (Å²) in [7, 11) is 0. The summed E-state index contributed by atoms with van der Waals surface area (Å²) in [5.41, 5.74) is 0. The SMILES string of the molecule is FCCNC1=NCC(C2CC2)S1. The molecule has 1 N–H and O–H groups in total. The molecule has 1 aliphatic carbocycles. The van der Waals surface area contributed by atoms with Crippen LogP contribution < -0.4 is 5.32 Å². The first kappa shape index (κ1) is 8.35. The van der Waals surface area contributed by atoms with Gasteiger partial charge in [0.05, 0.1) is 6.54 Å². The predicted molar refractivity (Wildman–Crippen MR) is 50.4 cm³/mol. The molecule has 12 heavy (non-hydrogen) atoms. The zero-order valence-corrected chi connectivity index (χ0v) is 7.74. The van der Waals surface area contributed by atoms with Gasteiger partial charge in [0.2, 0.25) is 0 Å². The molecule has 0 radical (unpaired) electrons. The molecule has 1 unspecified atom stereocenters. The van der Waals surface area contributed by atoms with Crippen LogP contribution in [0.4, 0.5) is 4.39 Å². The van der Waals surface area contributed by atoms with E-state index in [-0.39, 0.29) is 6.67 Å². The van der Waals surface area contributed by atoms with Gasteiger partial charge in [-0.3, -0.25) is 4.99 Å². The molecule has 1 atom stereocenters. The van der Waals surface area contributed by atoms with E-state index in [2.05, 4.69) is 10.3 Å². The lowest BCUT2D eigenvalue weighted by atomic mass is 10.3. The normalized spacial score (nSPS) is 28.8. The first-order valence-electron chi connectivity index (χ1n) is 4.41. The highest BCUT2D eigenvalue weighted by Crippen LogP contribution is 2.41. The van der Waals surface area contributed by atoms with Crippen LogP contribution in [-0.2, 0) is 0 Å². The van der Waals surface area contributed by atoms with Gasteiger partial charge in [-0.25, -0.2) is 4.39 Å². The Balaban J connectivity index is 1.72. The van der Waals surface area contributed by atoms with Crippen LogP contribution >= 0.6 is 11.8 Å². The van der Waals surface area contributed by atoms with Gasteiger partial charge >= 0.3 is 0 Å². The fraction of sp³-hybridized carbons (Fsp3) is 0.875. The number of alkyl halides is 1. The molecular weight excluding hydrogens is 175 g/mol. The van der Waals surface area contributed by atoms with E-state index in [4.69, 9.17) is 0 Å². The lowest BCUT2D eigenvalue weighted by molar-refractivity contribution is 0.492. The predicted octanol–water partition coefficient (Wildman–Crippen LogP) is 1.43. The summed E-state index contributed by atoms with van der Waals surface area (Å²) >= 11 is 1.79. The third-order valence-corrected chi connectivity index (χ3v) is 3.53. The van der Waals surface area contributed by atoms with E-state index in [1.807, 2.05) is 0 Å². The Labute approximate surface area is 76.0 Å². The minimum absolute atomic E-state index is 0.312. The Morgan fingerprint density at radius 1 is 1.58 bits per heavy atom. The maximum atomic E-state index is 11.8. The Morgan fingerprint density at radius 2 is 2.42 bits per heavy atom. The molecular formula is C8H13FN2S. The summed E-state index contributed by atoms with van der Waals surface area (Å²) < 4.78 is 11.8. The Bertz CT molecular complexity index is 191. The van der Waals surface area contributed by atoms with E-state index in [0.29, 0.717) is 11.8 Å². The van der Waals surface area contributed by atoms with Crippen molar-refractivity contribution in [2.75, 3.05) is 19.8 Å². The molecule has 0 aromatic rings. The van der Waals surface area contributed by atoms with E-state index in [1.54, 1.807) is 11.8 Å². The summed E-state index contributed by atoms with van der Waals surface area (Å²) in [5, 5.41) is 4.62. The molecule has 2 aliphatic rings. The van der Waals surface area contributed by atoms with Crippen molar-refractivity contribution in [1.29, 1.82) is 0 Å². The average Bonchev–Trinajstić information content (AvgIpc) is 2.83. The Hall–Kier alpha value is -0.250. The van der Waals surface area contributed by atoms with E-state index >= 15 is 0 Å². The summed E-state index contributed by atoms with van der Waals surface area (Å²) in [5.74, 6) is 0.892. The molecule has 0 aromatic carbocycles. The number of rotatable bonds is 3. The molecule has 1 heterocycles. The highest BCUT2D eigenvalue weighted by molar-refractivity contribution is 8.14. The van der Waals surface area contributed by atoms with Crippen LogP contribution in [0.25, 0.3) is 0 Å². The monoisotopic (exact) mass is 188 g/mol. The van der Waals surface area contributed by atoms with Crippen molar-refractivity contribution in [2.45, 2.75) is 18.1 Å². The van der Waals surface area contributed by atoms with Crippen LogP contribution in [0.2, 0.25) is 0 Å². The molecule has 0 saturated heterocycles. The van der Waals surface area contributed by atoms with Gasteiger partial charge in [0, 0.05) is 11.8 Å². The zero-order chi connectivity index (χ0) is 8.39. The number of nitrogens with zero attached hydrogens (tertiary/aromatic N) is 1. The van der Waals surface area contributed by atoms with Gasteiger partial charge in [-0.1, -0.05) is 11.8 Å². The minimum Gasteiger partial charge on any atom is -0.362 e. The van der Waals surface area contributed by atoms with Crippen LogP contribution in [0.3, 0.4) is 0 Å². The van der Waals surface area contributed by atoms with Crippen molar-refractivity contribution in [3.05, 3.63) is 0 Å². The number of amidine groups is 1. The van der Waals surface area contributed by atoms with E-state index < -0.39 is 0 Å². The van der Waals surface area contributed by atoms with Crippen molar-refractivity contribution < 1.29 is 4.39 Å². The molecule has 0 spiro atoms. The maximum absolute atomic E-state index is 11.8. The van der Waals surface area contributed by atoms with Crippen molar-refractivity contribution in [3.8, 4) is 0 Å². The van der Waals surface area contributed by atoms with Gasteiger partial charge in [0.1, 0.15) is 6.67 Å². The Kier molecular flexibility index (Phi) is 2.54. The lowest BCUT2D eigenvalue weighted by Crippen LogP contribution is -2.22. The van der Waals surface area contributed by atoms with Gasteiger partial charge < -0.3 is 5.32 Å². The first-order chi connectivity index (χ1) is 5.90. The van der Waals surface area contributed by atoms with E-state index in [1.165, 1.54) is 12.8 Å². The molecule has 2 rings (SSSR count). The quantitative estimate of drug-likeness (QED) is 0.724. The molecule has 68 valence electrons. The minimum atomic E-state index is -0.312. The molecule has 0 aromatic heterocycles. The largest absolute Gasteiger partial charge is 0.362 e. The third-order valence-electron chi connectivity index (χ3n) is 2.20. The average molecular weight is 188 g/mol. The number of thioether (sulfide) groups is 1. The van der Waals surface area contributed by atoms with Gasteiger partial charge in [0.25, 0.3) is 0 Å². The summed E-state index contributed by atoms with van der Waals surface area (Å²) in [4.78, 5) is 4.32. The zero-order valence-electron chi connectivity index (χ0n) is 6.92. The smallest absolute Gasteiger partial charge is 0.157 e. The topological polar surface area (TPSA) is 24.4 Å². The van der Waals surface area contributed by atoms with Crippen LogP contribution in [0.5, 0.6) is 0 Å². The van der Waals surface area contributed by atoms with Crippen LogP contribution in [0, 0.1) is 5.92 Å². The van der Waals surface area contributed by atoms with Crippen molar-refractivity contribution in [2.24, 2.45) is 10.9 Å². The van der Waals surface area contributed by atoms with Gasteiger partial charge in [0.15, 0.2) is 5.17 Å². The van der Waals surface area contributed by atoms with E-state index in [0.717, 1.165) is 17.6 Å². The fourth-order valence-corrected chi connectivity index (χ4v) is 2.59. The molecule has 1 aliphatic heterocycles. The van der Waals surface area contributed by atoms with Crippen LogP contribution in [-0.4, -0.2) is 30.2 Å². The second kappa shape index (κ2) is 3.64. The highest BCUT2D eigenvalue weighted by atomic mass is 32.2. The fourth-order valence-electron chi connectivity index (χ4n) is 1.36. The van der Waals surface area contributed by atoms with Crippen molar-refractivity contribution in [1.82, 2.24) is 5.32 Å². The van der Waals surface area contributed by atoms with Gasteiger partial charge in [-0.2, -0.15) is 0 Å². The number of hydrogen-bond acceptors (Lipinski definition) is 3. The number of nitrogens with one attached hydrogen (secondary N) is 1. The third kappa shape index (κ3) is 1.91. The molecule has 1 fully saturated rings. The molecule has 0 amide bonds. The van der Waals surface area contributed by atoms with Gasteiger partial charge in [-0.15, -0.1) is 0 Å². The van der Waals surface area contributed by atoms with E-state index in [9.17, 15) is 4.39 Å². The second-order valence-electron chi connectivity index (χ2n) is 3.26. The number of aliphatic imine (C=N–C) groups is 1. The molecule has 4 heteroatoms. The van der Waals surface area contributed by atoms with Crippen molar-refractivity contribution in [3.63, 3.8) is 0 Å². The summed E-state index contributed by atoms with van der Waals surface area (Å²) in [6, 6.07) is 0. The first-order valence-corrected chi connectivity index (χ1v) is 5.29. The Morgan fingerprint density at radius 3 is 3.08 bits per heavy atom. The van der Waals surface area contributed by atoms with Crippen LogP contribution in [0.1, 0.15) is 12.8 Å². The maximum Gasteiger partial charge on any atom is 0.157 e. The highest BCUT2D eigenvalue weighted by Gasteiger charge is 2.35. The summed E-state index contributed by atoms with van der Waals surface area (Å²) in [6.45, 7) is 1.03.